The summed E-state index contributed by atoms with van der Waals surface area (Å²) in [4.78, 5) is 0. The lowest BCUT2D eigenvalue weighted by atomic mass is 10.0. The Hall–Kier alpha value is -1.01. The molecule has 0 unspecified atom stereocenters. The third kappa shape index (κ3) is 2.02. The largest absolute Gasteiger partial charge is 0.296 e. The molecule has 0 fully saturated rings. The van der Waals surface area contributed by atoms with E-state index in [4.69, 9.17) is 5.26 Å². The summed E-state index contributed by atoms with van der Waals surface area (Å²) in [5.74, 6) is 0.548. The topological polar surface area (TPSA) is 39.1 Å². The van der Waals surface area contributed by atoms with E-state index in [1.54, 1.807) is 0 Å². The first-order valence-corrected chi connectivity index (χ1v) is 4.62. The van der Waals surface area contributed by atoms with Gasteiger partial charge in [-0.2, -0.15) is 5.26 Å². The molecule has 0 radical (unpaired) electrons. The van der Waals surface area contributed by atoms with Crippen molar-refractivity contribution in [2.45, 2.75) is 33.2 Å². The summed E-state index contributed by atoms with van der Waals surface area (Å²) in [5.41, 5.74) is 4.09. The Balaban J connectivity index is 2.74. The minimum absolute atomic E-state index is 0.462. The molecule has 0 atom stereocenters. The number of nitriles is 1. The molecule has 0 saturated carbocycles. The van der Waals surface area contributed by atoms with Crippen LogP contribution < -0.4 is 5.43 Å². The number of nitrogens with one attached hydrogen (secondary N) is 1. The minimum Gasteiger partial charge on any atom is -0.296 e. The molecule has 0 spiro atoms. The summed E-state index contributed by atoms with van der Waals surface area (Å²) >= 11 is 0. The minimum atomic E-state index is -0.462. The van der Waals surface area contributed by atoms with Crippen molar-refractivity contribution in [3.63, 3.8) is 0 Å². The summed E-state index contributed by atoms with van der Waals surface area (Å²) in [5, 5.41) is 10.8. The zero-order chi connectivity index (χ0) is 10.1. The number of hydrogen-bond donors (Lipinski definition) is 1. The fourth-order valence-electron chi connectivity index (χ4n) is 1.20. The van der Waals surface area contributed by atoms with Gasteiger partial charge < -0.3 is 0 Å². The standard InChI is InChI=1S/C10H17N3/c1-8(2)9-5-12-13(6-9)10(3,4)7-11/h6,8,12H,5H2,1-4H3. The van der Waals surface area contributed by atoms with Crippen molar-refractivity contribution in [3.05, 3.63) is 11.8 Å². The van der Waals surface area contributed by atoms with E-state index in [0.717, 1.165) is 6.54 Å². The number of nitrogens with zero attached hydrogens (tertiary/aromatic N) is 2. The van der Waals surface area contributed by atoms with Crippen LogP contribution in [0.2, 0.25) is 0 Å². The van der Waals surface area contributed by atoms with Gasteiger partial charge in [-0.1, -0.05) is 13.8 Å². The van der Waals surface area contributed by atoms with E-state index in [-0.39, 0.29) is 0 Å². The lowest BCUT2D eigenvalue weighted by Crippen LogP contribution is -2.45. The molecule has 0 aliphatic carbocycles. The van der Waals surface area contributed by atoms with E-state index in [2.05, 4.69) is 25.3 Å². The third-order valence-corrected chi connectivity index (χ3v) is 2.37. The molecule has 72 valence electrons. The maximum absolute atomic E-state index is 8.92. The third-order valence-electron chi connectivity index (χ3n) is 2.37. The highest BCUT2D eigenvalue weighted by molar-refractivity contribution is 5.16. The summed E-state index contributed by atoms with van der Waals surface area (Å²) in [6, 6.07) is 2.26. The van der Waals surface area contributed by atoms with E-state index < -0.39 is 5.54 Å². The van der Waals surface area contributed by atoms with Gasteiger partial charge in [-0.3, -0.25) is 5.01 Å². The van der Waals surface area contributed by atoms with Crippen molar-refractivity contribution in [1.82, 2.24) is 10.4 Å². The Bertz CT molecular complexity index is 258. The van der Waals surface area contributed by atoms with Crippen LogP contribution in [0.4, 0.5) is 0 Å². The lowest BCUT2D eigenvalue weighted by Gasteiger charge is -2.28. The predicted molar refractivity (Wildman–Crippen MR) is 52.5 cm³/mol. The van der Waals surface area contributed by atoms with Gasteiger partial charge >= 0.3 is 0 Å². The smallest absolute Gasteiger partial charge is 0.136 e. The maximum atomic E-state index is 8.92. The van der Waals surface area contributed by atoms with Crippen LogP contribution in [0.25, 0.3) is 0 Å². The van der Waals surface area contributed by atoms with Gasteiger partial charge in [-0.25, -0.2) is 5.43 Å². The number of hydrogen-bond acceptors (Lipinski definition) is 3. The van der Waals surface area contributed by atoms with Crippen LogP contribution in [-0.4, -0.2) is 17.1 Å². The molecular formula is C10H17N3. The van der Waals surface area contributed by atoms with Crippen molar-refractivity contribution in [2.75, 3.05) is 6.54 Å². The first-order chi connectivity index (χ1) is 5.97. The van der Waals surface area contributed by atoms with Gasteiger partial charge in [0.25, 0.3) is 0 Å². The average molecular weight is 179 g/mol. The van der Waals surface area contributed by atoms with Gasteiger partial charge in [0, 0.05) is 12.7 Å². The molecule has 0 bridgehead atoms. The molecule has 0 saturated heterocycles. The molecule has 0 aromatic carbocycles. The Morgan fingerprint density at radius 1 is 1.62 bits per heavy atom. The van der Waals surface area contributed by atoms with Crippen molar-refractivity contribution < 1.29 is 0 Å². The fourth-order valence-corrected chi connectivity index (χ4v) is 1.20. The molecule has 0 aromatic heterocycles. The van der Waals surface area contributed by atoms with Crippen LogP contribution in [0.3, 0.4) is 0 Å². The number of hydrazine groups is 1. The van der Waals surface area contributed by atoms with Gasteiger partial charge in [0.2, 0.25) is 0 Å². The van der Waals surface area contributed by atoms with Gasteiger partial charge in [0.15, 0.2) is 0 Å². The van der Waals surface area contributed by atoms with Crippen LogP contribution in [0.1, 0.15) is 27.7 Å². The molecule has 1 rings (SSSR count). The van der Waals surface area contributed by atoms with Gasteiger partial charge in [-0.15, -0.1) is 0 Å². The van der Waals surface area contributed by atoms with Crippen molar-refractivity contribution >= 4 is 0 Å². The Morgan fingerprint density at radius 3 is 2.62 bits per heavy atom. The molecule has 13 heavy (non-hydrogen) atoms. The van der Waals surface area contributed by atoms with Gasteiger partial charge in [0.1, 0.15) is 5.54 Å². The Kier molecular flexibility index (Phi) is 2.63. The van der Waals surface area contributed by atoms with Gasteiger partial charge in [-0.05, 0) is 25.3 Å². The molecule has 1 aliphatic heterocycles. The van der Waals surface area contributed by atoms with E-state index in [1.165, 1.54) is 5.57 Å². The molecule has 1 heterocycles. The summed E-state index contributed by atoms with van der Waals surface area (Å²) < 4.78 is 0. The van der Waals surface area contributed by atoms with Crippen LogP contribution in [0.5, 0.6) is 0 Å². The van der Waals surface area contributed by atoms with Crippen molar-refractivity contribution in [2.24, 2.45) is 5.92 Å². The average Bonchev–Trinajstić information content (AvgIpc) is 2.52. The summed E-state index contributed by atoms with van der Waals surface area (Å²) in [6.07, 6.45) is 2.05. The lowest BCUT2D eigenvalue weighted by molar-refractivity contribution is 0.191. The van der Waals surface area contributed by atoms with Crippen molar-refractivity contribution in [1.29, 1.82) is 5.26 Å². The number of rotatable bonds is 2. The van der Waals surface area contributed by atoms with Crippen LogP contribution in [0.15, 0.2) is 11.8 Å². The quantitative estimate of drug-likeness (QED) is 0.700. The highest BCUT2D eigenvalue weighted by atomic mass is 15.5. The molecule has 0 aromatic rings. The first-order valence-electron chi connectivity index (χ1n) is 4.62. The zero-order valence-corrected chi connectivity index (χ0v) is 8.76. The SMILES string of the molecule is CC(C)C1=CN(C(C)(C)C#N)NC1. The molecule has 3 nitrogen and oxygen atoms in total. The molecule has 3 heteroatoms. The maximum Gasteiger partial charge on any atom is 0.136 e. The fraction of sp³-hybridized carbons (Fsp3) is 0.700. The molecule has 1 N–H and O–H groups in total. The van der Waals surface area contributed by atoms with E-state index in [1.807, 2.05) is 25.1 Å². The van der Waals surface area contributed by atoms with Crippen LogP contribution in [0, 0.1) is 17.2 Å². The van der Waals surface area contributed by atoms with Crippen molar-refractivity contribution in [3.8, 4) is 6.07 Å². The molecular weight excluding hydrogens is 162 g/mol. The van der Waals surface area contributed by atoms with Crippen LogP contribution >= 0.6 is 0 Å². The first kappa shape index (κ1) is 10.1. The second-order valence-electron chi connectivity index (χ2n) is 4.23. The Labute approximate surface area is 80.0 Å². The molecule has 0 amide bonds. The highest BCUT2D eigenvalue weighted by Gasteiger charge is 2.28. The van der Waals surface area contributed by atoms with E-state index in [0.29, 0.717) is 5.92 Å². The van der Waals surface area contributed by atoms with E-state index in [9.17, 15) is 0 Å². The highest BCUT2D eigenvalue weighted by Crippen LogP contribution is 2.20. The summed E-state index contributed by atoms with van der Waals surface area (Å²) in [7, 11) is 0. The predicted octanol–water partition coefficient (Wildman–Crippen LogP) is 1.65. The normalized spacial score (nSPS) is 17.5. The zero-order valence-electron chi connectivity index (χ0n) is 8.76. The monoisotopic (exact) mass is 179 g/mol. The second kappa shape index (κ2) is 3.39. The Morgan fingerprint density at radius 2 is 2.23 bits per heavy atom. The van der Waals surface area contributed by atoms with E-state index >= 15 is 0 Å². The molecule has 1 aliphatic rings. The van der Waals surface area contributed by atoms with Crippen LogP contribution in [-0.2, 0) is 0 Å². The second-order valence-corrected chi connectivity index (χ2v) is 4.23. The van der Waals surface area contributed by atoms with Gasteiger partial charge in [0.05, 0.1) is 6.07 Å². The summed E-state index contributed by atoms with van der Waals surface area (Å²) in [6.45, 7) is 9.00.